The van der Waals surface area contributed by atoms with Crippen molar-refractivity contribution in [1.82, 2.24) is 0 Å². The molecule has 0 fully saturated rings. The molecule has 0 unspecified atom stereocenters. The molecule has 32 heavy (non-hydrogen) atoms. The maximum Gasteiger partial charge on any atom is 1.00 e. The van der Waals surface area contributed by atoms with Crippen molar-refractivity contribution in [2.45, 2.75) is 180 Å². The molecule has 0 saturated heterocycles. The Morgan fingerprint density at radius 1 is 0.281 bits per heavy atom. The molecule has 4 nitrogen and oxygen atoms in total. The number of rotatable bonds is 0. The van der Waals surface area contributed by atoms with Crippen LogP contribution in [0.3, 0.4) is 0 Å². The molecule has 0 radical (unpaired) electrons. The standard InChI is InChI=1S/13C2H6.Na.H2O4S/c13*1-2;;1-5(2,3)4/h13*1-2H3;;(H2,1,2,3,4)/q;;;;;;;;;;;;;+1;/p-2. The first-order valence-electron chi connectivity index (χ1n) is 13.7. The van der Waals surface area contributed by atoms with E-state index in [0.717, 1.165) is 0 Å². The van der Waals surface area contributed by atoms with Gasteiger partial charge in [-0.2, -0.15) is 0 Å². The van der Waals surface area contributed by atoms with E-state index in [0.29, 0.717) is 0 Å². The van der Waals surface area contributed by atoms with Gasteiger partial charge in [-0.1, -0.05) is 180 Å². The van der Waals surface area contributed by atoms with Gasteiger partial charge in [0.2, 0.25) is 0 Å². The third-order valence-electron chi connectivity index (χ3n) is 0. The molecule has 0 aliphatic heterocycles. The van der Waals surface area contributed by atoms with Crippen molar-refractivity contribution in [3.05, 3.63) is 0 Å². The maximum absolute atomic E-state index is 8.52. The topological polar surface area (TPSA) is 80.3 Å². The van der Waals surface area contributed by atoms with Crippen LogP contribution in [-0.4, -0.2) is 17.5 Å². The summed E-state index contributed by atoms with van der Waals surface area (Å²) >= 11 is 0. The molecule has 0 atom stereocenters. The van der Waals surface area contributed by atoms with E-state index >= 15 is 0 Å². The van der Waals surface area contributed by atoms with Gasteiger partial charge in [-0.05, 0) is 0 Å². The van der Waals surface area contributed by atoms with Gasteiger partial charge in [0.05, 0.1) is 0 Å². The van der Waals surface area contributed by atoms with Crippen molar-refractivity contribution in [2.75, 3.05) is 0 Å². The molecule has 0 rings (SSSR count). The van der Waals surface area contributed by atoms with Crippen molar-refractivity contribution in [3.63, 3.8) is 0 Å². The zero-order valence-corrected chi connectivity index (χ0v) is 31.9. The van der Waals surface area contributed by atoms with Crippen molar-refractivity contribution in [1.29, 1.82) is 0 Å². The minimum Gasteiger partial charge on any atom is -0.759 e. The second kappa shape index (κ2) is 643. The fourth-order valence-corrected chi connectivity index (χ4v) is 0. The van der Waals surface area contributed by atoms with E-state index < -0.39 is 10.4 Å². The van der Waals surface area contributed by atoms with E-state index in [9.17, 15) is 0 Å². The van der Waals surface area contributed by atoms with Gasteiger partial charge in [0.1, 0.15) is 0 Å². The van der Waals surface area contributed by atoms with Crippen LogP contribution in [0, 0.1) is 0 Å². The summed E-state index contributed by atoms with van der Waals surface area (Å²) in [7, 11) is -5.17. The summed E-state index contributed by atoms with van der Waals surface area (Å²) in [5.41, 5.74) is 0. The van der Waals surface area contributed by atoms with E-state index in [4.69, 9.17) is 17.5 Å². The van der Waals surface area contributed by atoms with Crippen molar-refractivity contribution in [3.8, 4) is 0 Å². The third kappa shape index (κ3) is 36400. The zero-order valence-electron chi connectivity index (χ0n) is 29.0. The average molecular weight is 510 g/mol. The first kappa shape index (κ1) is 105. The van der Waals surface area contributed by atoms with Crippen molar-refractivity contribution in [2.24, 2.45) is 0 Å². The van der Waals surface area contributed by atoms with Gasteiger partial charge in [-0.15, -0.1) is 0 Å². The van der Waals surface area contributed by atoms with Crippen LogP contribution in [0.2, 0.25) is 0 Å². The Morgan fingerprint density at radius 2 is 0.281 bits per heavy atom. The van der Waals surface area contributed by atoms with Gasteiger partial charge >= 0.3 is 29.6 Å². The molecule has 0 aromatic rings. The molecule has 214 valence electrons. The molecular formula is C26H78NaO4S-. The van der Waals surface area contributed by atoms with Crippen molar-refractivity contribution >= 4 is 10.4 Å². The second-order valence-corrected chi connectivity index (χ2v) is 1.22. The monoisotopic (exact) mass is 510 g/mol. The largest absolute Gasteiger partial charge is 1.00 e. The van der Waals surface area contributed by atoms with E-state index in [1.54, 1.807) is 0 Å². The van der Waals surface area contributed by atoms with Crippen molar-refractivity contribution < 1.29 is 47.1 Å². The van der Waals surface area contributed by atoms with Gasteiger partial charge in [-0.3, -0.25) is 8.42 Å². The summed E-state index contributed by atoms with van der Waals surface area (Å²) < 4.78 is 34.1. The minimum absolute atomic E-state index is 0. The van der Waals surface area contributed by atoms with Gasteiger partial charge in [0, 0.05) is 10.4 Å². The number of hydrogen-bond acceptors (Lipinski definition) is 4. The fraction of sp³-hybridized carbons (Fsp3) is 1.00. The summed E-state index contributed by atoms with van der Waals surface area (Å²) in [4.78, 5) is 0. The average Bonchev–Trinajstić information content (AvgIpc) is 2.93. The normalized spacial score (nSPS) is 4.25. The van der Waals surface area contributed by atoms with Gasteiger partial charge in [0.15, 0.2) is 0 Å². The van der Waals surface area contributed by atoms with Crippen LogP contribution in [0.5, 0.6) is 0 Å². The Labute approximate surface area is 236 Å². The molecule has 0 aliphatic rings. The number of hydrogen-bond donors (Lipinski definition) is 0. The predicted molar refractivity (Wildman–Crippen MR) is 158 cm³/mol. The van der Waals surface area contributed by atoms with E-state index in [2.05, 4.69) is 0 Å². The molecule has 0 N–H and O–H groups in total. The first-order chi connectivity index (χ1) is 15.0. The molecule has 0 saturated carbocycles. The van der Waals surface area contributed by atoms with Crippen LogP contribution in [0.1, 0.15) is 180 Å². The fourth-order valence-electron chi connectivity index (χ4n) is 0. The van der Waals surface area contributed by atoms with Crippen LogP contribution in [-0.2, 0) is 10.4 Å². The summed E-state index contributed by atoms with van der Waals surface area (Å²) in [6.45, 7) is 52.0. The van der Waals surface area contributed by atoms with E-state index in [1.807, 2.05) is 180 Å². The van der Waals surface area contributed by atoms with Crippen LogP contribution >= 0.6 is 0 Å². The summed E-state index contributed by atoms with van der Waals surface area (Å²) in [5, 5.41) is 0. The Kier molecular flexibility index (Phi) is 2100. The van der Waals surface area contributed by atoms with Crippen LogP contribution < -0.4 is 29.6 Å². The molecule has 0 heterocycles. The SMILES string of the molecule is CC.CC.CC.CC.CC.CC.CC.CC.CC.CC.CC.CC.CC.O=S(=O)([O-])[O-].[Na+]. The van der Waals surface area contributed by atoms with Crippen LogP contribution in [0.15, 0.2) is 0 Å². The van der Waals surface area contributed by atoms with Gasteiger partial charge in [0.25, 0.3) is 0 Å². The molecular weight excluding hydrogens is 431 g/mol. The van der Waals surface area contributed by atoms with Crippen LogP contribution in [0.25, 0.3) is 0 Å². The zero-order chi connectivity index (χ0) is 30.5. The maximum atomic E-state index is 8.52. The Bertz CT molecular complexity index is 113. The third-order valence-corrected chi connectivity index (χ3v) is 0. The second-order valence-electron chi connectivity index (χ2n) is 0.408. The molecule has 6 heteroatoms. The first-order valence-corrected chi connectivity index (χ1v) is 15.0. The Balaban J connectivity index is -0.00000000760. The summed E-state index contributed by atoms with van der Waals surface area (Å²) in [5.74, 6) is 0. The summed E-state index contributed by atoms with van der Waals surface area (Å²) in [6, 6.07) is 0. The summed E-state index contributed by atoms with van der Waals surface area (Å²) in [6.07, 6.45) is 0. The smallest absolute Gasteiger partial charge is 0.759 e. The molecule has 0 aromatic heterocycles. The Morgan fingerprint density at radius 3 is 0.281 bits per heavy atom. The van der Waals surface area contributed by atoms with E-state index in [1.165, 1.54) is 0 Å². The predicted octanol–water partition coefficient (Wildman–Crippen LogP) is 9.01. The molecule has 0 bridgehead atoms. The van der Waals surface area contributed by atoms with E-state index in [-0.39, 0.29) is 29.6 Å². The molecule has 0 amide bonds. The quantitative estimate of drug-likeness (QED) is 0.185. The molecule has 0 spiro atoms. The minimum atomic E-state index is -5.17. The van der Waals surface area contributed by atoms with Gasteiger partial charge in [-0.25, -0.2) is 0 Å². The van der Waals surface area contributed by atoms with Crippen LogP contribution in [0.4, 0.5) is 0 Å². The molecule has 0 aliphatic carbocycles. The van der Waals surface area contributed by atoms with Gasteiger partial charge < -0.3 is 9.11 Å². The molecule has 0 aromatic carbocycles. The Hall–Kier alpha value is 0.870.